The Hall–Kier alpha value is -4.05. The van der Waals surface area contributed by atoms with Crippen molar-refractivity contribution in [2.24, 2.45) is 0 Å². The summed E-state index contributed by atoms with van der Waals surface area (Å²) in [6.45, 7) is 0. The number of anilines is 1. The van der Waals surface area contributed by atoms with Gasteiger partial charge in [0.1, 0.15) is 10.4 Å². The summed E-state index contributed by atoms with van der Waals surface area (Å²) in [4.78, 5) is 47.3. The van der Waals surface area contributed by atoms with Crippen molar-refractivity contribution in [3.05, 3.63) is 80.0 Å². The van der Waals surface area contributed by atoms with E-state index in [4.69, 9.17) is 4.74 Å². The van der Waals surface area contributed by atoms with E-state index in [1.54, 1.807) is 42.5 Å². The summed E-state index contributed by atoms with van der Waals surface area (Å²) in [7, 11) is 2.38. The van der Waals surface area contributed by atoms with E-state index in [9.17, 15) is 24.5 Å². The number of aryl methyl sites for hydroxylation is 1. The van der Waals surface area contributed by atoms with Crippen LogP contribution in [-0.4, -0.2) is 37.0 Å². The number of carbonyl (C=O) groups is 3. The van der Waals surface area contributed by atoms with E-state index in [1.165, 1.54) is 25.7 Å². The molecule has 0 fully saturated rings. The molecule has 0 saturated heterocycles. The van der Waals surface area contributed by atoms with Crippen molar-refractivity contribution in [1.82, 2.24) is 0 Å². The number of para-hydroxylation sites is 1. The van der Waals surface area contributed by atoms with Gasteiger partial charge in [-0.2, -0.15) is 0 Å². The fourth-order valence-electron chi connectivity index (χ4n) is 3.20. The summed E-state index contributed by atoms with van der Waals surface area (Å²) in [6.07, 6.45) is 0.527. The molecule has 33 heavy (non-hydrogen) atoms. The second kappa shape index (κ2) is 10.5. The average Bonchev–Trinajstić information content (AvgIpc) is 3.25. The molecule has 3 rings (SSSR count). The van der Waals surface area contributed by atoms with E-state index in [-0.39, 0.29) is 34.1 Å². The first-order valence-corrected chi connectivity index (χ1v) is 10.6. The molecule has 1 N–H and O–H groups in total. The van der Waals surface area contributed by atoms with Crippen LogP contribution >= 0.6 is 11.3 Å². The first-order chi connectivity index (χ1) is 15.8. The molecule has 0 aliphatic rings. The molecular weight excluding hydrogens is 448 g/mol. The smallest absolute Gasteiger partial charge is 0.349 e. The van der Waals surface area contributed by atoms with Gasteiger partial charge in [0.15, 0.2) is 0 Å². The Morgan fingerprint density at radius 2 is 1.67 bits per heavy atom. The van der Waals surface area contributed by atoms with Crippen LogP contribution in [0.1, 0.15) is 32.0 Å². The molecular formula is C23H20N2O7S. The number of nitrogens with zero attached hydrogens (tertiary/aromatic N) is 1. The van der Waals surface area contributed by atoms with Crippen LogP contribution in [0.2, 0.25) is 0 Å². The molecule has 0 spiro atoms. The lowest BCUT2D eigenvalue weighted by Gasteiger charge is -2.08. The summed E-state index contributed by atoms with van der Waals surface area (Å²) in [5, 5.41) is 15.4. The lowest BCUT2D eigenvalue weighted by Crippen LogP contribution is -2.16. The Kier molecular flexibility index (Phi) is 7.52. The Bertz CT molecular complexity index is 1200. The number of esters is 2. The van der Waals surface area contributed by atoms with Crippen LogP contribution in [0, 0.1) is 10.1 Å². The molecule has 0 saturated carbocycles. The third-order valence-corrected chi connectivity index (χ3v) is 5.79. The molecule has 2 aromatic carbocycles. The zero-order valence-corrected chi connectivity index (χ0v) is 18.6. The Morgan fingerprint density at radius 1 is 1.00 bits per heavy atom. The van der Waals surface area contributed by atoms with E-state index < -0.39 is 16.9 Å². The number of methoxy groups -OCH3 is 2. The van der Waals surface area contributed by atoms with Crippen LogP contribution in [0.5, 0.6) is 0 Å². The molecule has 0 aliphatic heterocycles. The van der Waals surface area contributed by atoms with Gasteiger partial charge in [-0.3, -0.25) is 14.9 Å². The summed E-state index contributed by atoms with van der Waals surface area (Å²) < 4.78 is 9.39. The Morgan fingerprint density at radius 3 is 2.30 bits per heavy atom. The van der Waals surface area contributed by atoms with Crippen LogP contribution in [0.25, 0.3) is 11.1 Å². The van der Waals surface area contributed by atoms with E-state index in [0.717, 1.165) is 16.9 Å². The van der Waals surface area contributed by atoms with Crippen LogP contribution in [0.4, 0.5) is 11.4 Å². The van der Waals surface area contributed by atoms with Crippen molar-refractivity contribution in [2.45, 2.75) is 12.8 Å². The predicted molar refractivity (Wildman–Crippen MR) is 122 cm³/mol. The van der Waals surface area contributed by atoms with Crippen LogP contribution in [0.15, 0.2) is 53.9 Å². The van der Waals surface area contributed by atoms with E-state index in [0.29, 0.717) is 17.5 Å². The van der Waals surface area contributed by atoms with E-state index in [1.807, 2.05) is 0 Å². The van der Waals surface area contributed by atoms with Gasteiger partial charge in [0, 0.05) is 17.9 Å². The standard InChI is InChI=1S/C23H20N2O7S/c1-31-22(27)20-17(13-33-21(20)23(28)32-2)24-19(26)12-9-14-7-10-15(11-8-14)16-5-3-4-6-18(16)25(29)30/h3-8,10-11,13H,9,12H2,1-2H3,(H,24,26). The Labute approximate surface area is 193 Å². The van der Waals surface area contributed by atoms with Gasteiger partial charge in [0.05, 0.1) is 30.4 Å². The first kappa shape index (κ1) is 23.6. The fourth-order valence-corrected chi connectivity index (χ4v) is 4.10. The summed E-state index contributed by atoms with van der Waals surface area (Å²) in [5.41, 5.74) is 2.24. The zero-order chi connectivity index (χ0) is 24.0. The molecule has 0 aliphatic carbocycles. The normalized spacial score (nSPS) is 10.4. The van der Waals surface area contributed by atoms with Crippen molar-refractivity contribution in [2.75, 3.05) is 19.5 Å². The summed E-state index contributed by atoms with van der Waals surface area (Å²) in [5.74, 6) is -1.80. The number of rotatable bonds is 8. The number of nitrogens with one attached hydrogen (secondary N) is 1. The molecule has 10 heteroatoms. The Balaban J connectivity index is 1.68. The minimum atomic E-state index is -0.752. The number of amides is 1. The highest BCUT2D eigenvalue weighted by atomic mass is 32.1. The highest BCUT2D eigenvalue weighted by Crippen LogP contribution is 2.30. The third-order valence-electron chi connectivity index (χ3n) is 4.83. The number of nitro benzene ring substituents is 1. The van der Waals surface area contributed by atoms with Gasteiger partial charge in [-0.05, 0) is 23.6 Å². The molecule has 1 heterocycles. The van der Waals surface area contributed by atoms with Crippen LogP contribution in [0.3, 0.4) is 0 Å². The van der Waals surface area contributed by atoms with Gasteiger partial charge in [-0.1, -0.05) is 36.4 Å². The number of ether oxygens (including phenoxy) is 2. The minimum Gasteiger partial charge on any atom is -0.465 e. The van der Waals surface area contributed by atoms with E-state index >= 15 is 0 Å². The average molecular weight is 468 g/mol. The van der Waals surface area contributed by atoms with Crippen LogP contribution < -0.4 is 5.32 Å². The second-order valence-corrected chi connectivity index (χ2v) is 7.74. The number of carbonyl (C=O) groups excluding carboxylic acids is 3. The maximum Gasteiger partial charge on any atom is 0.349 e. The molecule has 170 valence electrons. The largest absolute Gasteiger partial charge is 0.465 e. The lowest BCUT2D eigenvalue weighted by molar-refractivity contribution is -0.384. The highest BCUT2D eigenvalue weighted by Gasteiger charge is 2.26. The highest BCUT2D eigenvalue weighted by molar-refractivity contribution is 7.13. The summed E-state index contributed by atoms with van der Waals surface area (Å²) >= 11 is 0.974. The topological polar surface area (TPSA) is 125 Å². The molecule has 0 atom stereocenters. The summed E-state index contributed by atoms with van der Waals surface area (Å²) in [6, 6.07) is 13.6. The van der Waals surface area contributed by atoms with Gasteiger partial charge in [0.2, 0.25) is 5.91 Å². The molecule has 0 radical (unpaired) electrons. The number of thiophene rings is 1. The lowest BCUT2D eigenvalue weighted by atomic mass is 10.0. The minimum absolute atomic E-state index is 0.0214. The molecule has 0 unspecified atom stereocenters. The molecule has 1 aromatic heterocycles. The molecule has 1 amide bonds. The molecule has 9 nitrogen and oxygen atoms in total. The first-order valence-electron chi connectivity index (χ1n) is 9.76. The van der Waals surface area contributed by atoms with Crippen molar-refractivity contribution < 1.29 is 28.8 Å². The van der Waals surface area contributed by atoms with Gasteiger partial charge >= 0.3 is 11.9 Å². The fraction of sp³-hybridized carbons (Fsp3) is 0.174. The van der Waals surface area contributed by atoms with Gasteiger partial charge in [-0.15, -0.1) is 11.3 Å². The van der Waals surface area contributed by atoms with Gasteiger partial charge in [0.25, 0.3) is 5.69 Å². The van der Waals surface area contributed by atoms with Crippen molar-refractivity contribution >= 4 is 40.6 Å². The second-order valence-electron chi connectivity index (χ2n) is 6.86. The predicted octanol–water partition coefficient (Wildman–Crippen LogP) is 4.47. The quantitative estimate of drug-likeness (QED) is 0.294. The zero-order valence-electron chi connectivity index (χ0n) is 17.8. The maximum atomic E-state index is 12.5. The number of nitro groups is 1. The number of hydrogen-bond donors (Lipinski definition) is 1. The number of benzene rings is 2. The maximum absolute atomic E-state index is 12.5. The van der Waals surface area contributed by atoms with Gasteiger partial charge < -0.3 is 14.8 Å². The van der Waals surface area contributed by atoms with Crippen LogP contribution in [-0.2, 0) is 20.7 Å². The monoisotopic (exact) mass is 468 g/mol. The molecule has 3 aromatic rings. The SMILES string of the molecule is COC(=O)c1scc(NC(=O)CCc2ccc(-c3ccccc3[N+](=O)[O-])cc2)c1C(=O)OC. The van der Waals surface area contributed by atoms with Crippen molar-refractivity contribution in [3.63, 3.8) is 0 Å². The number of hydrogen-bond acceptors (Lipinski definition) is 8. The van der Waals surface area contributed by atoms with Crippen molar-refractivity contribution in [3.8, 4) is 11.1 Å². The molecule has 0 bridgehead atoms. The van der Waals surface area contributed by atoms with Crippen molar-refractivity contribution in [1.29, 1.82) is 0 Å². The van der Waals surface area contributed by atoms with Gasteiger partial charge in [-0.25, -0.2) is 9.59 Å². The van der Waals surface area contributed by atoms with E-state index in [2.05, 4.69) is 10.1 Å². The third kappa shape index (κ3) is 5.42.